The molecule has 0 spiro atoms. The van der Waals surface area contributed by atoms with Crippen molar-refractivity contribution in [2.24, 2.45) is 5.92 Å². The van der Waals surface area contributed by atoms with Gasteiger partial charge in [-0.15, -0.1) is 0 Å². The quantitative estimate of drug-likeness (QED) is 0.626. The Morgan fingerprint density at radius 2 is 1.67 bits per heavy atom. The van der Waals surface area contributed by atoms with E-state index in [1.807, 2.05) is 30.3 Å². The van der Waals surface area contributed by atoms with Crippen molar-refractivity contribution in [3.8, 4) is 11.1 Å². The third kappa shape index (κ3) is 4.17. The maximum atomic E-state index is 12.3. The minimum Gasteiger partial charge on any atom is -0.481 e. The Morgan fingerprint density at radius 1 is 1.00 bits per heavy atom. The highest BCUT2D eigenvalue weighted by atomic mass is 16.5. The number of carboxylic acid groups (broad SMARTS) is 1. The Bertz CT molecular complexity index is 1010. The van der Waals surface area contributed by atoms with Crippen molar-refractivity contribution < 1.29 is 19.4 Å². The van der Waals surface area contributed by atoms with Crippen LogP contribution in [-0.4, -0.2) is 35.3 Å². The molecule has 6 heteroatoms. The Morgan fingerprint density at radius 3 is 2.27 bits per heavy atom. The number of hydrogen-bond acceptors (Lipinski definition) is 4. The molecule has 1 aliphatic carbocycles. The number of aromatic nitrogens is 1. The Balaban J connectivity index is 1.36. The van der Waals surface area contributed by atoms with Crippen molar-refractivity contribution in [2.75, 3.05) is 13.2 Å². The molecule has 6 nitrogen and oxygen atoms in total. The highest BCUT2D eigenvalue weighted by molar-refractivity contribution is 5.79. The zero-order valence-electron chi connectivity index (χ0n) is 16.3. The number of pyridine rings is 1. The summed E-state index contributed by atoms with van der Waals surface area (Å²) in [5.74, 6) is -1.76. The number of benzene rings is 2. The maximum absolute atomic E-state index is 12.3. The van der Waals surface area contributed by atoms with Gasteiger partial charge in [0.15, 0.2) is 0 Å². The highest BCUT2D eigenvalue weighted by Crippen LogP contribution is 2.44. The van der Waals surface area contributed by atoms with Crippen LogP contribution < -0.4 is 5.32 Å². The Kier molecular flexibility index (Phi) is 5.75. The van der Waals surface area contributed by atoms with E-state index in [2.05, 4.69) is 34.6 Å². The fraction of sp³-hybridized carbons (Fsp3) is 0.208. The molecule has 2 N–H and O–H groups in total. The number of aliphatic carboxylic acids is 1. The normalized spacial score (nSPS) is 13.2. The van der Waals surface area contributed by atoms with Gasteiger partial charge in [-0.1, -0.05) is 54.6 Å². The van der Waals surface area contributed by atoms with E-state index in [0.717, 1.165) is 27.8 Å². The predicted octanol–water partition coefficient (Wildman–Crippen LogP) is 3.86. The van der Waals surface area contributed by atoms with Gasteiger partial charge >= 0.3 is 12.1 Å². The largest absolute Gasteiger partial charge is 0.481 e. The lowest BCUT2D eigenvalue weighted by molar-refractivity contribution is -0.141. The van der Waals surface area contributed by atoms with Crippen molar-refractivity contribution in [3.63, 3.8) is 0 Å². The van der Waals surface area contributed by atoms with Gasteiger partial charge in [0.2, 0.25) is 0 Å². The molecular weight excluding hydrogens is 380 g/mol. The van der Waals surface area contributed by atoms with E-state index in [0.29, 0.717) is 0 Å². The monoisotopic (exact) mass is 402 g/mol. The molecule has 0 aliphatic heterocycles. The molecule has 1 aliphatic rings. The summed E-state index contributed by atoms with van der Waals surface area (Å²) in [5, 5.41) is 12.0. The number of fused-ring (bicyclic) bond motifs is 3. The van der Waals surface area contributed by atoms with Crippen molar-refractivity contribution >= 4 is 12.1 Å². The molecule has 1 heterocycles. The van der Waals surface area contributed by atoms with Gasteiger partial charge < -0.3 is 15.2 Å². The summed E-state index contributed by atoms with van der Waals surface area (Å²) < 4.78 is 5.46. The first-order chi connectivity index (χ1) is 14.6. The van der Waals surface area contributed by atoms with E-state index < -0.39 is 18.0 Å². The van der Waals surface area contributed by atoms with Gasteiger partial charge in [-0.3, -0.25) is 9.78 Å². The Hall–Kier alpha value is -3.67. The summed E-state index contributed by atoms with van der Waals surface area (Å²) in [6.07, 6.45) is 2.93. The zero-order chi connectivity index (χ0) is 20.9. The zero-order valence-corrected chi connectivity index (χ0v) is 16.3. The second-order valence-corrected chi connectivity index (χ2v) is 7.31. The fourth-order valence-corrected chi connectivity index (χ4v) is 3.91. The number of nitrogens with zero attached hydrogens (tertiary/aromatic N) is 1. The second kappa shape index (κ2) is 8.78. The molecule has 0 saturated carbocycles. The van der Waals surface area contributed by atoms with Crippen LogP contribution >= 0.6 is 0 Å². The summed E-state index contributed by atoms with van der Waals surface area (Å²) in [6, 6.07) is 19.8. The SMILES string of the molecule is O=C(NC[C@@H](Cc1cccnc1)C(=O)O)OCC1c2ccccc2-c2ccccc21. The van der Waals surface area contributed by atoms with E-state index in [-0.39, 0.29) is 25.5 Å². The number of carbonyl (C=O) groups is 2. The highest BCUT2D eigenvalue weighted by Gasteiger charge is 2.29. The molecule has 2 aromatic carbocycles. The average Bonchev–Trinajstić information content (AvgIpc) is 3.09. The van der Waals surface area contributed by atoms with Gasteiger partial charge in [-0.2, -0.15) is 0 Å². The molecule has 0 radical (unpaired) electrons. The number of hydrogen-bond donors (Lipinski definition) is 2. The number of carbonyl (C=O) groups excluding carboxylic acids is 1. The lowest BCUT2D eigenvalue weighted by atomic mass is 9.98. The van der Waals surface area contributed by atoms with Crippen molar-refractivity contribution in [2.45, 2.75) is 12.3 Å². The molecule has 152 valence electrons. The predicted molar refractivity (Wildman–Crippen MR) is 112 cm³/mol. The lowest BCUT2D eigenvalue weighted by Crippen LogP contribution is -2.35. The molecule has 1 atom stereocenters. The first kappa shape index (κ1) is 19.6. The number of alkyl carbamates (subject to hydrolysis) is 1. The number of rotatable bonds is 7. The topological polar surface area (TPSA) is 88.5 Å². The minimum atomic E-state index is -0.974. The van der Waals surface area contributed by atoms with E-state index in [4.69, 9.17) is 4.74 Å². The van der Waals surface area contributed by atoms with Gasteiger partial charge in [0, 0.05) is 24.9 Å². The standard InChI is InChI=1S/C24H22N2O4/c27-23(28)17(12-16-6-5-11-25-13-16)14-26-24(29)30-15-22-20-9-3-1-7-18(20)19-8-2-4-10-21(19)22/h1-11,13,17,22H,12,14-15H2,(H,26,29)(H,27,28)/t17-/m1/s1. The van der Waals surface area contributed by atoms with Gasteiger partial charge in [0.25, 0.3) is 0 Å². The first-order valence-corrected chi connectivity index (χ1v) is 9.84. The van der Waals surface area contributed by atoms with Crippen molar-refractivity contribution in [1.82, 2.24) is 10.3 Å². The van der Waals surface area contributed by atoms with Crippen LogP contribution in [0.1, 0.15) is 22.6 Å². The van der Waals surface area contributed by atoms with Crippen LogP contribution in [0.4, 0.5) is 4.79 Å². The number of amides is 1. The molecule has 1 amide bonds. The van der Waals surface area contributed by atoms with Gasteiger partial charge in [0.1, 0.15) is 6.61 Å². The smallest absolute Gasteiger partial charge is 0.407 e. The minimum absolute atomic E-state index is 0.0130. The molecule has 0 saturated heterocycles. The fourth-order valence-electron chi connectivity index (χ4n) is 3.91. The summed E-state index contributed by atoms with van der Waals surface area (Å²) >= 11 is 0. The van der Waals surface area contributed by atoms with Gasteiger partial charge in [0.05, 0.1) is 5.92 Å². The Labute approximate surface area is 174 Å². The third-order valence-electron chi connectivity index (χ3n) is 5.39. The van der Waals surface area contributed by atoms with Crippen LogP contribution in [0.2, 0.25) is 0 Å². The van der Waals surface area contributed by atoms with Crippen LogP contribution in [0.15, 0.2) is 73.1 Å². The first-order valence-electron chi connectivity index (χ1n) is 9.84. The van der Waals surface area contributed by atoms with Crippen LogP contribution in [0, 0.1) is 5.92 Å². The maximum Gasteiger partial charge on any atom is 0.407 e. The van der Waals surface area contributed by atoms with E-state index in [9.17, 15) is 14.7 Å². The second-order valence-electron chi connectivity index (χ2n) is 7.31. The van der Waals surface area contributed by atoms with Gasteiger partial charge in [-0.05, 0) is 40.3 Å². The third-order valence-corrected chi connectivity index (χ3v) is 5.39. The molecular formula is C24H22N2O4. The van der Waals surface area contributed by atoms with E-state index in [1.165, 1.54) is 0 Å². The molecule has 0 unspecified atom stereocenters. The van der Waals surface area contributed by atoms with Crippen LogP contribution in [0.3, 0.4) is 0 Å². The number of nitrogens with one attached hydrogen (secondary N) is 1. The molecule has 0 bridgehead atoms. The molecule has 1 aromatic heterocycles. The average molecular weight is 402 g/mol. The van der Waals surface area contributed by atoms with E-state index in [1.54, 1.807) is 18.5 Å². The summed E-state index contributed by atoms with van der Waals surface area (Å²) in [7, 11) is 0. The van der Waals surface area contributed by atoms with Crippen LogP contribution in [-0.2, 0) is 16.0 Å². The van der Waals surface area contributed by atoms with Crippen molar-refractivity contribution in [1.29, 1.82) is 0 Å². The number of carboxylic acids is 1. The summed E-state index contributed by atoms with van der Waals surface area (Å²) in [4.78, 5) is 27.8. The molecule has 3 aromatic rings. The summed E-state index contributed by atoms with van der Waals surface area (Å²) in [5.41, 5.74) is 5.38. The molecule has 4 rings (SSSR count). The molecule has 0 fully saturated rings. The van der Waals surface area contributed by atoms with E-state index >= 15 is 0 Å². The van der Waals surface area contributed by atoms with Crippen LogP contribution in [0.25, 0.3) is 11.1 Å². The van der Waals surface area contributed by atoms with Crippen molar-refractivity contribution in [3.05, 3.63) is 89.7 Å². The number of ether oxygens (including phenoxy) is 1. The van der Waals surface area contributed by atoms with Gasteiger partial charge in [-0.25, -0.2) is 4.79 Å². The molecule has 30 heavy (non-hydrogen) atoms. The summed E-state index contributed by atoms with van der Waals surface area (Å²) in [6.45, 7) is 0.182. The lowest BCUT2D eigenvalue weighted by Gasteiger charge is -2.16. The van der Waals surface area contributed by atoms with Crippen LogP contribution in [0.5, 0.6) is 0 Å².